The molecule has 0 radical (unpaired) electrons. The van der Waals surface area contributed by atoms with Crippen LogP contribution < -0.4 is 4.74 Å². The van der Waals surface area contributed by atoms with Crippen molar-refractivity contribution in [1.29, 1.82) is 0 Å². The van der Waals surface area contributed by atoms with E-state index < -0.39 is 0 Å². The fourth-order valence-electron chi connectivity index (χ4n) is 1.17. The number of pyridine rings is 1. The van der Waals surface area contributed by atoms with Crippen LogP contribution in [-0.4, -0.2) is 4.98 Å². The van der Waals surface area contributed by atoms with Crippen LogP contribution in [0.5, 0.6) is 11.6 Å². The van der Waals surface area contributed by atoms with Crippen LogP contribution in [0.3, 0.4) is 0 Å². The van der Waals surface area contributed by atoms with Gasteiger partial charge in [-0.2, -0.15) is 0 Å². The van der Waals surface area contributed by atoms with Crippen molar-refractivity contribution in [2.45, 2.75) is 5.88 Å². The zero-order chi connectivity index (χ0) is 11.4. The van der Waals surface area contributed by atoms with E-state index in [9.17, 15) is 0 Å². The lowest BCUT2D eigenvalue weighted by Crippen LogP contribution is -1.88. The predicted molar refractivity (Wildman–Crippen MR) is 65.3 cm³/mol. The summed E-state index contributed by atoms with van der Waals surface area (Å²) in [5, 5.41) is 0.679. The first-order valence-corrected chi connectivity index (χ1v) is 5.63. The molecular weight excluding hydrogens is 245 g/mol. The van der Waals surface area contributed by atoms with Crippen LogP contribution in [0.2, 0.25) is 5.02 Å². The number of benzene rings is 1. The van der Waals surface area contributed by atoms with E-state index in [4.69, 9.17) is 27.9 Å². The molecule has 0 unspecified atom stereocenters. The van der Waals surface area contributed by atoms with Gasteiger partial charge >= 0.3 is 0 Å². The molecule has 0 bridgehead atoms. The maximum absolute atomic E-state index is 5.77. The van der Waals surface area contributed by atoms with E-state index in [0.29, 0.717) is 22.5 Å². The number of hydrogen-bond acceptors (Lipinski definition) is 2. The van der Waals surface area contributed by atoms with Gasteiger partial charge in [0, 0.05) is 23.2 Å². The summed E-state index contributed by atoms with van der Waals surface area (Å²) in [5.41, 5.74) is 0.963. The summed E-state index contributed by atoms with van der Waals surface area (Å²) in [6, 6.07) is 10.8. The molecule has 2 aromatic rings. The quantitative estimate of drug-likeness (QED) is 0.763. The number of aromatic nitrogens is 1. The van der Waals surface area contributed by atoms with Crippen LogP contribution in [0.4, 0.5) is 0 Å². The van der Waals surface area contributed by atoms with Crippen LogP contribution in [0.25, 0.3) is 0 Å². The number of halogens is 2. The molecule has 0 aliphatic carbocycles. The third-order valence-corrected chi connectivity index (χ3v) is 2.55. The van der Waals surface area contributed by atoms with Crippen LogP contribution in [0.15, 0.2) is 42.6 Å². The second kappa shape index (κ2) is 5.19. The molecule has 0 fully saturated rings. The standard InChI is InChI=1S/C12H9Cl2NO/c13-7-9-1-6-12(15-8-9)16-11-4-2-10(14)3-5-11/h1-6,8H,7H2. The average Bonchev–Trinajstić information content (AvgIpc) is 2.33. The summed E-state index contributed by atoms with van der Waals surface area (Å²) >= 11 is 11.4. The molecule has 0 amide bonds. The average molecular weight is 254 g/mol. The summed E-state index contributed by atoms with van der Waals surface area (Å²) < 4.78 is 5.52. The summed E-state index contributed by atoms with van der Waals surface area (Å²) in [6.45, 7) is 0. The van der Waals surface area contributed by atoms with E-state index in [0.717, 1.165) is 5.56 Å². The largest absolute Gasteiger partial charge is 0.439 e. The Morgan fingerprint density at radius 1 is 1.06 bits per heavy atom. The van der Waals surface area contributed by atoms with E-state index in [1.165, 1.54) is 0 Å². The Bertz CT molecular complexity index is 453. The maximum atomic E-state index is 5.77. The van der Waals surface area contributed by atoms with E-state index in [1.54, 1.807) is 36.5 Å². The molecule has 0 saturated carbocycles. The third kappa shape index (κ3) is 2.87. The third-order valence-electron chi connectivity index (χ3n) is 1.99. The molecule has 0 N–H and O–H groups in total. The number of ether oxygens (including phenoxy) is 1. The van der Waals surface area contributed by atoms with Gasteiger partial charge in [-0.1, -0.05) is 17.7 Å². The van der Waals surface area contributed by atoms with Crippen molar-refractivity contribution in [2.24, 2.45) is 0 Å². The Kier molecular flexibility index (Phi) is 3.65. The lowest BCUT2D eigenvalue weighted by Gasteiger charge is -2.04. The molecule has 0 saturated heterocycles. The highest BCUT2D eigenvalue weighted by Crippen LogP contribution is 2.21. The van der Waals surface area contributed by atoms with Crippen molar-refractivity contribution < 1.29 is 4.74 Å². The highest BCUT2D eigenvalue weighted by Gasteiger charge is 1.98. The predicted octanol–water partition coefficient (Wildman–Crippen LogP) is 4.27. The summed E-state index contributed by atoms with van der Waals surface area (Å²) in [5.74, 6) is 1.69. The highest BCUT2D eigenvalue weighted by molar-refractivity contribution is 6.30. The van der Waals surface area contributed by atoms with Crippen molar-refractivity contribution in [2.75, 3.05) is 0 Å². The van der Waals surface area contributed by atoms with Crippen molar-refractivity contribution >= 4 is 23.2 Å². The van der Waals surface area contributed by atoms with Gasteiger partial charge in [0.25, 0.3) is 0 Å². The van der Waals surface area contributed by atoms with E-state index >= 15 is 0 Å². The zero-order valence-corrected chi connectivity index (χ0v) is 9.87. The fourth-order valence-corrected chi connectivity index (χ4v) is 1.46. The molecule has 0 aliphatic rings. The number of hydrogen-bond donors (Lipinski definition) is 0. The molecule has 1 aromatic heterocycles. The van der Waals surface area contributed by atoms with Crippen LogP contribution >= 0.6 is 23.2 Å². The van der Waals surface area contributed by atoms with Crippen LogP contribution in [-0.2, 0) is 5.88 Å². The monoisotopic (exact) mass is 253 g/mol. The number of alkyl halides is 1. The van der Waals surface area contributed by atoms with Crippen molar-refractivity contribution in [1.82, 2.24) is 4.98 Å². The fraction of sp³-hybridized carbons (Fsp3) is 0.0833. The van der Waals surface area contributed by atoms with Crippen LogP contribution in [0.1, 0.15) is 5.56 Å². The summed E-state index contributed by atoms with van der Waals surface area (Å²) in [4.78, 5) is 4.13. The Labute approximate surface area is 104 Å². The maximum Gasteiger partial charge on any atom is 0.219 e. The SMILES string of the molecule is ClCc1ccc(Oc2ccc(Cl)cc2)nc1. The molecule has 2 rings (SSSR count). The van der Waals surface area contributed by atoms with Gasteiger partial charge in [-0.05, 0) is 29.8 Å². The second-order valence-electron chi connectivity index (χ2n) is 3.19. The number of rotatable bonds is 3. The molecule has 82 valence electrons. The Morgan fingerprint density at radius 2 is 1.81 bits per heavy atom. The summed E-state index contributed by atoms with van der Waals surface area (Å²) in [6.07, 6.45) is 1.69. The minimum atomic E-state index is 0.453. The second-order valence-corrected chi connectivity index (χ2v) is 3.90. The van der Waals surface area contributed by atoms with Crippen molar-refractivity contribution in [3.05, 3.63) is 53.2 Å². The lowest BCUT2D eigenvalue weighted by atomic mass is 10.3. The van der Waals surface area contributed by atoms with Gasteiger partial charge in [0.1, 0.15) is 5.75 Å². The van der Waals surface area contributed by atoms with Gasteiger partial charge in [-0.25, -0.2) is 4.98 Å². The highest BCUT2D eigenvalue weighted by atomic mass is 35.5. The smallest absolute Gasteiger partial charge is 0.219 e. The van der Waals surface area contributed by atoms with Crippen molar-refractivity contribution in [3.63, 3.8) is 0 Å². The van der Waals surface area contributed by atoms with Gasteiger partial charge in [-0.3, -0.25) is 0 Å². The number of nitrogens with zero attached hydrogens (tertiary/aromatic N) is 1. The molecule has 1 aromatic carbocycles. The first-order valence-electron chi connectivity index (χ1n) is 4.72. The van der Waals surface area contributed by atoms with Gasteiger partial charge in [-0.15, -0.1) is 11.6 Å². The zero-order valence-electron chi connectivity index (χ0n) is 8.36. The minimum Gasteiger partial charge on any atom is -0.439 e. The van der Waals surface area contributed by atoms with Crippen molar-refractivity contribution in [3.8, 4) is 11.6 Å². The first-order chi connectivity index (χ1) is 7.78. The Morgan fingerprint density at radius 3 is 2.38 bits per heavy atom. The van der Waals surface area contributed by atoms with Gasteiger partial charge < -0.3 is 4.74 Å². The molecule has 16 heavy (non-hydrogen) atoms. The van der Waals surface area contributed by atoms with E-state index in [1.807, 2.05) is 6.07 Å². The molecule has 4 heteroatoms. The minimum absolute atomic E-state index is 0.453. The molecule has 0 aliphatic heterocycles. The lowest BCUT2D eigenvalue weighted by molar-refractivity contribution is 0.462. The van der Waals surface area contributed by atoms with Crippen LogP contribution in [0, 0.1) is 0 Å². The van der Waals surface area contributed by atoms with Gasteiger partial charge in [0.15, 0.2) is 0 Å². The topological polar surface area (TPSA) is 22.1 Å². The Balaban J connectivity index is 2.11. The molecule has 0 atom stereocenters. The van der Waals surface area contributed by atoms with Gasteiger partial charge in [0.2, 0.25) is 5.88 Å². The molecule has 0 spiro atoms. The Hall–Kier alpha value is -1.25. The van der Waals surface area contributed by atoms with E-state index in [2.05, 4.69) is 4.98 Å². The van der Waals surface area contributed by atoms with Gasteiger partial charge in [0.05, 0.1) is 0 Å². The molecular formula is C12H9Cl2NO. The normalized spacial score (nSPS) is 10.1. The van der Waals surface area contributed by atoms with E-state index in [-0.39, 0.29) is 0 Å². The molecule has 1 heterocycles. The molecule has 2 nitrogen and oxygen atoms in total. The summed E-state index contributed by atoms with van der Waals surface area (Å²) in [7, 11) is 0. The first kappa shape index (κ1) is 11.2.